The van der Waals surface area contributed by atoms with Crippen LogP contribution < -0.4 is 6.15 Å². The minimum atomic E-state index is -5.35. The van der Waals surface area contributed by atoms with Crippen LogP contribution in [0.25, 0.3) is 0 Å². The molecule has 2 aromatic rings. The first-order valence-corrected chi connectivity index (χ1v) is 26.9. The Bertz CT molecular complexity index is 981. The van der Waals surface area contributed by atoms with E-state index in [1.54, 1.807) is 12.1 Å². The molecule has 0 amide bonds. The van der Waals surface area contributed by atoms with Crippen molar-refractivity contribution in [3.8, 4) is 11.5 Å². The molecular weight excluding hydrogens is 850 g/mol. The summed E-state index contributed by atoms with van der Waals surface area (Å²) < 4.78 is 176. The Morgan fingerprint density at radius 2 is 0.644 bits per heavy atom. The standard InChI is InChI=1S/2C6H6O.4C4H6F3.O.2Sn/c2*7-6-4-2-1-3-5-6;4*1-2-3-4(5,6)7;;;/h2*1-5,7H;4*1-3H2;;;/q;;;;;;;2*+1/p-2. The van der Waals surface area contributed by atoms with Gasteiger partial charge in [-0.1, -0.05) is 0 Å². The van der Waals surface area contributed by atoms with Gasteiger partial charge in [0, 0.05) is 0 Å². The third-order valence-electron chi connectivity index (χ3n) is 6.54. The van der Waals surface area contributed by atoms with E-state index >= 15 is 0 Å². The fourth-order valence-electron chi connectivity index (χ4n) is 4.68. The number of halogens is 12. The maximum atomic E-state index is 13.2. The van der Waals surface area contributed by atoms with Gasteiger partial charge >= 0.3 is 265 Å². The average Bonchev–Trinajstić information content (AvgIpc) is 2.87. The van der Waals surface area contributed by atoms with Gasteiger partial charge in [0.2, 0.25) is 0 Å². The summed E-state index contributed by atoms with van der Waals surface area (Å²) in [6, 6.07) is 14.8. The van der Waals surface area contributed by atoms with E-state index in [2.05, 4.69) is 0 Å². The van der Waals surface area contributed by atoms with Gasteiger partial charge < -0.3 is 0 Å². The summed E-state index contributed by atoms with van der Waals surface area (Å²) >= 11 is -10.7. The number of benzene rings is 2. The zero-order valence-electron chi connectivity index (χ0n) is 24.0. The molecule has 0 atom stereocenters. The van der Waals surface area contributed by atoms with E-state index in [1.165, 1.54) is 48.5 Å². The number of rotatable bonds is 18. The van der Waals surface area contributed by atoms with Gasteiger partial charge in [0.15, 0.2) is 0 Å². The first kappa shape index (κ1) is 39.9. The topological polar surface area (TPSA) is 27.7 Å². The molecule has 2 rings (SSSR count). The SMILES string of the molecule is FC(F)(F)CC[CH2][Sn]([CH2]CCC(F)(F)F)([O]c1ccccc1)[O][Sn]([CH2]CCC(F)(F)F)([CH2]CCC(F)(F)F)[O]c1ccccc1. The Hall–Kier alpha value is -1.24. The van der Waals surface area contributed by atoms with E-state index in [0.29, 0.717) is 0 Å². The van der Waals surface area contributed by atoms with Crippen LogP contribution in [0.5, 0.6) is 11.5 Å². The second kappa shape index (κ2) is 17.2. The number of alkyl halides is 12. The molecule has 256 valence electrons. The van der Waals surface area contributed by atoms with Crippen LogP contribution in [0.1, 0.15) is 51.4 Å². The van der Waals surface area contributed by atoms with E-state index in [1.807, 2.05) is 0 Å². The molecule has 0 aliphatic carbocycles. The predicted molar refractivity (Wildman–Crippen MR) is 147 cm³/mol. The number of hydrogen-bond acceptors (Lipinski definition) is 3. The second-order valence-corrected chi connectivity index (χ2v) is 32.4. The average molecular weight is 884 g/mol. The third kappa shape index (κ3) is 18.0. The van der Waals surface area contributed by atoms with Crippen molar-refractivity contribution in [1.29, 1.82) is 0 Å². The van der Waals surface area contributed by atoms with Crippen LogP contribution in [0.4, 0.5) is 52.7 Å². The van der Waals surface area contributed by atoms with Crippen LogP contribution in [0.15, 0.2) is 60.7 Å². The van der Waals surface area contributed by atoms with Crippen molar-refractivity contribution in [2.45, 2.75) is 93.8 Å². The van der Waals surface area contributed by atoms with E-state index in [4.69, 9.17) is 7.56 Å². The van der Waals surface area contributed by atoms with Crippen molar-refractivity contribution >= 4 is 38.4 Å². The fourth-order valence-corrected chi connectivity index (χ4v) is 44.4. The Kier molecular flexibility index (Phi) is 15.3. The summed E-state index contributed by atoms with van der Waals surface area (Å²) in [6.45, 7) is 0. The van der Waals surface area contributed by atoms with Gasteiger partial charge in [-0.15, -0.1) is 0 Å². The van der Waals surface area contributed by atoms with Gasteiger partial charge in [0.1, 0.15) is 0 Å². The van der Waals surface area contributed by atoms with Crippen molar-refractivity contribution < 1.29 is 60.2 Å². The third-order valence-corrected chi connectivity index (χ3v) is 39.1. The normalized spacial score (nSPS) is 13.6. The van der Waals surface area contributed by atoms with Crippen LogP contribution in [0, 0.1) is 0 Å². The zero-order valence-corrected chi connectivity index (χ0v) is 29.7. The number of hydrogen-bond donors (Lipinski definition) is 0. The number of para-hydroxylation sites is 2. The quantitative estimate of drug-likeness (QED) is 0.110. The molecule has 0 aromatic heterocycles. The summed E-state index contributed by atoms with van der Waals surface area (Å²) in [5, 5.41) is 0. The predicted octanol–water partition coefficient (Wildman–Crippen LogP) is 11.4. The summed E-state index contributed by atoms with van der Waals surface area (Å²) in [5.74, 6) is 0.135. The zero-order chi connectivity index (χ0) is 33.8. The molecule has 0 saturated heterocycles. The minimum absolute atomic E-state index is 0.0674. The van der Waals surface area contributed by atoms with Crippen molar-refractivity contribution in [3.63, 3.8) is 0 Å². The Morgan fingerprint density at radius 3 is 0.867 bits per heavy atom. The van der Waals surface area contributed by atoms with Gasteiger partial charge in [-0.2, -0.15) is 0 Å². The molecule has 0 unspecified atom stereocenters. The molecule has 3 nitrogen and oxygen atoms in total. The van der Waals surface area contributed by atoms with E-state index in [0.717, 1.165) is 0 Å². The van der Waals surface area contributed by atoms with Crippen LogP contribution >= 0.6 is 0 Å². The van der Waals surface area contributed by atoms with Crippen molar-refractivity contribution in [2.24, 2.45) is 0 Å². The van der Waals surface area contributed by atoms with Crippen LogP contribution in [-0.2, 0) is 1.41 Å². The first-order valence-electron chi connectivity index (χ1n) is 14.1. The molecule has 0 radical (unpaired) electrons. The molecule has 0 aliphatic heterocycles. The molecule has 0 saturated carbocycles. The van der Waals surface area contributed by atoms with Gasteiger partial charge in [0.05, 0.1) is 0 Å². The molecule has 45 heavy (non-hydrogen) atoms. The monoisotopic (exact) mass is 886 g/mol. The Labute approximate surface area is 263 Å². The van der Waals surface area contributed by atoms with Gasteiger partial charge in [-0.05, 0) is 0 Å². The van der Waals surface area contributed by atoms with Crippen LogP contribution in [-0.4, -0.2) is 63.1 Å². The van der Waals surface area contributed by atoms with E-state index in [-0.39, 0.29) is 11.5 Å². The second-order valence-electron chi connectivity index (χ2n) is 10.6. The van der Waals surface area contributed by atoms with Crippen LogP contribution in [0.3, 0.4) is 0 Å². The maximum absolute atomic E-state index is 13.2. The van der Waals surface area contributed by atoms with Crippen molar-refractivity contribution in [1.82, 2.24) is 0 Å². The molecule has 0 spiro atoms. The summed E-state index contributed by atoms with van der Waals surface area (Å²) in [5.41, 5.74) is 0. The van der Waals surface area contributed by atoms with Gasteiger partial charge in [0.25, 0.3) is 0 Å². The molecule has 0 bridgehead atoms. The summed E-state index contributed by atoms with van der Waals surface area (Å²) in [7, 11) is 0. The summed E-state index contributed by atoms with van der Waals surface area (Å²) in [4.78, 5) is 0. The molecule has 0 heterocycles. The van der Waals surface area contributed by atoms with Crippen LogP contribution in [0.2, 0.25) is 17.7 Å². The first-order chi connectivity index (χ1) is 20.7. The van der Waals surface area contributed by atoms with Crippen molar-refractivity contribution in [2.75, 3.05) is 0 Å². The van der Waals surface area contributed by atoms with Gasteiger partial charge in [-0.25, -0.2) is 0 Å². The summed E-state index contributed by atoms with van der Waals surface area (Å²) in [6.07, 6.45) is -26.4. The van der Waals surface area contributed by atoms with Gasteiger partial charge in [-0.3, -0.25) is 0 Å². The molecule has 17 heteroatoms. The Balaban J connectivity index is 2.66. The Morgan fingerprint density at radius 1 is 0.400 bits per heavy atom. The van der Waals surface area contributed by atoms with E-state index < -0.39 is 132 Å². The molecule has 0 N–H and O–H groups in total. The van der Waals surface area contributed by atoms with E-state index in [9.17, 15) is 52.7 Å². The molecule has 2 aromatic carbocycles. The molecule has 0 aliphatic rings. The fraction of sp³-hybridized carbons (Fsp3) is 0.571. The molecule has 0 fully saturated rings. The van der Waals surface area contributed by atoms with Crippen molar-refractivity contribution in [3.05, 3.63) is 60.7 Å². The molecular formula is C28H34F12O3Sn2.